The van der Waals surface area contributed by atoms with Crippen molar-refractivity contribution in [3.8, 4) is 0 Å². The predicted octanol–water partition coefficient (Wildman–Crippen LogP) is 4.02. The molecule has 12 heavy (non-hydrogen) atoms. The van der Waals surface area contributed by atoms with Crippen LogP contribution in [0, 0.1) is 17.8 Å². The van der Waals surface area contributed by atoms with E-state index in [1.54, 1.807) is 5.57 Å². The summed E-state index contributed by atoms with van der Waals surface area (Å²) in [5, 5.41) is 0. The number of allylic oxidation sites excluding steroid dienone is 2. The number of hydrogen-bond donors (Lipinski definition) is 0. The van der Waals surface area contributed by atoms with Crippen LogP contribution in [0.15, 0.2) is 11.6 Å². The molecule has 0 bridgehead atoms. The van der Waals surface area contributed by atoms with Crippen molar-refractivity contribution in [2.75, 3.05) is 0 Å². The van der Waals surface area contributed by atoms with Crippen LogP contribution < -0.4 is 0 Å². The van der Waals surface area contributed by atoms with Gasteiger partial charge in [-0.2, -0.15) is 0 Å². The van der Waals surface area contributed by atoms with E-state index in [1.165, 1.54) is 19.3 Å². The van der Waals surface area contributed by atoms with Crippen LogP contribution >= 0.6 is 0 Å². The van der Waals surface area contributed by atoms with Crippen molar-refractivity contribution in [3.63, 3.8) is 0 Å². The van der Waals surface area contributed by atoms with Gasteiger partial charge in [0.25, 0.3) is 0 Å². The Bertz CT molecular complexity index is 165. The molecule has 0 unspecified atom stereocenters. The Labute approximate surface area is 77.1 Å². The summed E-state index contributed by atoms with van der Waals surface area (Å²) in [6.07, 6.45) is 6.53. The highest BCUT2D eigenvalue weighted by atomic mass is 14.3. The Morgan fingerprint density at radius 3 is 2.58 bits per heavy atom. The average molecular weight is 166 g/mol. The van der Waals surface area contributed by atoms with Gasteiger partial charge >= 0.3 is 0 Å². The van der Waals surface area contributed by atoms with E-state index in [4.69, 9.17) is 0 Å². The Kier molecular flexibility index (Phi) is 3.37. The maximum Gasteiger partial charge on any atom is -0.0228 e. The van der Waals surface area contributed by atoms with Crippen LogP contribution in [-0.2, 0) is 0 Å². The van der Waals surface area contributed by atoms with Crippen molar-refractivity contribution in [1.82, 2.24) is 0 Å². The topological polar surface area (TPSA) is 0 Å². The van der Waals surface area contributed by atoms with Crippen molar-refractivity contribution in [2.24, 2.45) is 17.8 Å². The zero-order valence-electron chi connectivity index (χ0n) is 8.93. The fourth-order valence-corrected chi connectivity index (χ4v) is 2.43. The fourth-order valence-electron chi connectivity index (χ4n) is 2.43. The molecule has 0 spiro atoms. The highest BCUT2D eigenvalue weighted by Crippen LogP contribution is 2.34. The van der Waals surface area contributed by atoms with Gasteiger partial charge in [-0.1, -0.05) is 39.3 Å². The maximum atomic E-state index is 2.51. The lowest BCUT2D eigenvalue weighted by Crippen LogP contribution is -2.20. The molecule has 1 aliphatic rings. The summed E-state index contributed by atoms with van der Waals surface area (Å²) in [6, 6.07) is 0. The first-order valence-corrected chi connectivity index (χ1v) is 5.34. The third-order valence-corrected chi connectivity index (χ3v) is 3.28. The predicted molar refractivity (Wildman–Crippen MR) is 55.1 cm³/mol. The molecule has 0 amide bonds. The van der Waals surface area contributed by atoms with Gasteiger partial charge in [0.15, 0.2) is 0 Å². The average Bonchev–Trinajstić information content (AvgIpc) is 2.03. The molecule has 0 radical (unpaired) electrons. The van der Waals surface area contributed by atoms with Crippen LogP contribution in [0.2, 0.25) is 0 Å². The monoisotopic (exact) mass is 166 g/mol. The van der Waals surface area contributed by atoms with Gasteiger partial charge in [0.2, 0.25) is 0 Å². The summed E-state index contributed by atoms with van der Waals surface area (Å²) in [7, 11) is 0. The van der Waals surface area contributed by atoms with Crippen molar-refractivity contribution >= 4 is 0 Å². The lowest BCUT2D eigenvalue weighted by Gasteiger charge is -2.30. The third-order valence-electron chi connectivity index (χ3n) is 3.28. The van der Waals surface area contributed by atoms with E-state index < -0.39 is 0 Å². The lowest BCUT2D eigenvalue weighted by atomic mass is 9.75. The van der Waals surface area contributed by atoms with E-state index in [0.29, 0.717) is 0 Å². The fraction of sp³-hybridized carbons (Fsp3) is 0.833. The molecular weight excluding hydrogens is 144 g/mol. The highest BCUT2D eigenvalue weighted by Gasteiger charge is 2.22. The molecule has 0 heterocycles. The molecule has 0 fully saturated rings. The SMILES string of the molecule is CCC1=C[C@@H](C)[C@@H](C(C)C)CC1. The molecule has 0 aliphatic heterocycles. The van der Waals surface area contributed by atoms with Gasteiger partial charge in [-0.25, -0.2) is 0 Å². The molecule has 0 saturated carbocycles. The molecule has 2 atom stereocenters. The molecule has 0 saturated heterocycles. The Morgan fingerprint density at radius 2 is 2.17 bits per heavy atom. The summed E-state index contributed by atoms with van der Waals surface area (Å²) in [5.74, 6) is 2.60. The molecular formula is C12H22. The molecule has 1 rings (SSSR count). The van der Waals surface area contributed by atoms with Crippen LogP contribution in [0.4, 0.5) is 0 Å². The van der Waals surface area contributed by atoms with E-state index in [-0.39, 0.29) is 0 Å². The summed E-state index contributed by atoms with van der Waals surface area (Å²) in [4.78, 5) is 0. The molecule has 0 heteroatoms. The third kappa shape index (κ3) is 2.12. The highest BCUT2D eigenvalue weighted by molar-refractivity contribution is 5.08. The minimum absolute atomic E-state index is 0.814. The van der Waals surface area contributed by atoms with Crippen LogP contribution in [0.1, 0.15) is 47.0 Å². The normalized spacial score (nSPS) is 30.6. The molecule has 0 N–H and O–H groups in total. The minimum atomic E-state index is 0.814. The van der Waals surface area contributed by atoms with Gasteiger partial charge in [-0.15, -0.1) is 0 Å². The van der Waals surface area contributed by atoms with Gasteiger partial charge in [0, 0.05) is 0 Å². The molecule has 0 aromatic rings. The van der Waals surface area contributed by atoms with Crippen LogP contribution in [0.25, 0.3) is 0 Å². The first-order chi connectivity index (χ1) is 5.65. The molecule has 0 aromatic heterocycles. The second kappa shape index (κ2) is 4.11. The standard InChI is InChI=1S/C12H22/c1-5-11-6-7-12(9(2)3)10(4)8-11/h8-10,12H,5-7H2,1-4H3/t10-,12-/m1/s1. The first kappa shape index (κ1) is 9.83. The Hall–Kier alpha value is -0.260. The zero-order valence-corrected chi connectivity index (χ0v) is 8.93. The van der Waals surface area contributed by atoms with Gasteiger partial charge in [-0.3, -0.25) is 0 Å². The van der Waals surface area contributed by atoms with E-state index in [0.717, 1.165) is 17.8 Å². The Morgan fingerprint density at radius 1 is 1.50 bits per heavy atom. The van der Waals surface area contributed by atoms with Crippen LogP contribution in [0.3, 0.4) is 0 Å². The summed E-state index contributed by atoms with van der Waals surface area (Å²) in [6.45, 7) is 9.35. The smallest absolute Gasteiger partial charge is 0.0228 e. The van der Waals surface area contributed by atoms with Gasteiger partial charge in [0.05, 0.1) is 0 Å². The minimum Gasteiger partial charge on any atom is -0.0822 e. The van der Waals surface area contributed by atoms with Crippen molar-refractivity contribution in [1.29, 1.82) is 0 Å². The molecule has 1 aliphatic carbocycles. The summed E-state index contributed by atoms with van der Waals surface area (Å²) >= 11 is 0. The van der Waals surface area contributed by atoms with E-state index in [2.05, 4.69) is 33.8 Å². The second-order valence-electron chi connectivity index (χ2n) is 4.48. The molecule has 0 nitrogen and oxygen atoms in total. The number of hydrogen-bond acceptors (Lipinski definition) is 0. The maximum absolute atomic E-state index is 2.51. The number of rotatable bonds is 2. The van der Waals surface area contributed by atoms with Crippen molar-refractivity contribution in [2.45, 2.75) is 47.0 Å². The van der Waals surface area contributed by atoms with Crippen molar-refractivity contribution < 1.29 is 0 Å². The van der Waals surface area contributed by atoms with E-state index in [9.17, 15) is 0 Å². The van der Waals surface area contributed by atoms with Crippen molar-refractivity contribution in [3.05, 3.63) is 11.6 Å². The molecule has 0 aromatic carbocycles. The molecule has 70 valence electrons. The van der Waals surface area contributed by atoms with Crippen LogP contribution in [-0.4, -0.2) is 0 Å². The van der Waals surface area contributed by atoms with E-state index in [1.807, 2.05) is 0 Å². The zero-order chi connectivity index (χ0) is 9.14. The Balaban J connectivity index is 2.60. The largest absolute Gasteiger partial charge is 0.0822 e. The lowest BCUT2D eigenvalue weighted by molar-refractivity contribution is 0.277. The first-order valence-electron chi connectivity index (χ1n) is 5.34. The summed E-state index contributed by atoms with van der Waals surface area (Å²) < 4.78 is 0. The van der Waals surface area contributed by atoms with Crippen LogP contribution in [0.5, 0.6) is 0 Å². The quantitative estimate of drug-likeness (QED) is 0.543. The second-order valence-corrected chi connectivity index (χ2v) is 4.48. The van der Waals surface area contributed by atoms with Gasteiger partial charge in [-0.05, 0) is 37.0 Å². The van der Waals surface area contributed by atoms with E-state index >= 15 is 0 Å². The van der Waals surface area contributed by atoms with Gasteiger partial charge in [0.1, 0.15) is 0 Å². The summed E-state index contributed by atoms with van der Waals surface area (Å²) in [5.41, 5.74) is 1.68. The van der Waals surface area contributed by atoms with Gasteiger partial charge < -0.3 is 0 Å².